The number of methoxy groups -OCH3 is 2. The third kappa shape index (κ3) is 4.24. The van der Waals surface area contributed by atoms with Crippen LogP contribution in [0.3, 0.4) is 0 Å². The van der Waals surface area contributed by atoms with Gasteiger partial charge in [0.15, 0.2) is 11.7 Å². The zero-order valence-electron chi connectivity index (χ0n) is 16.8. The van der Waals surface area contributed by atoms with E-state index in [1.807, 2.05) is 29.2 Å². The fourth-order valence-electron chi connectivity index (χ4n) is 3.32. The van der Waals surface area contributed by atoms with Gasteiger partial charge in [-0.3, -0.25) is 4.79 Å². The van der Waals surface area contributed by atoms with Gasteiger partial charge in [0.1, 0.15) is 22.8 Å². The molecule has 0 bridgehead atoms. The number of thiazole rings is 1. The molecule has 1 saturated heterocycles. The predicted molar refractivity (Wildman–Crippen MR) is 118 cm³/mol. The molecule has 0 N–H and O–H groups in total. The number of anilines is 1. The summed E-state index contributed by atoms with van der Waals surface area (Å²) < 4.78 is 17.1. The molecule has 1 aromatic heterocycles. The number of piperazine rings is 1. The molecule has 0 unspecified atom stereocenters. The number of amides is 1. The van der Waals surface area contributed by atoms with Gasteiger partial charge in [0.05, 0.1) is 23.9 Å². The van der Waals surface area contributed by atoms with Gasteiger partial charge in [-0.2, -0.15) is 0 Å². The highest BCUT2D eigenvalue weighted by Gasteiger charge is 2.24. The van der Waals surface area contributed by atoms with Crippen LogP contribution in [0.2, 0.25) is 5.02 Å². The van der Waals surface area contributed by atoms with Crippen LogP contribution < -0.4 is 19.1 Å². The van der Waals surface area contributed by atoms with E-state index in [9.17, 15) is 4.79 Å². The Bertz CT molecular complexity index is 1050. The number of carbonyl (C=O) groups excluding carboxylic acids is 1. The summed E-state index contributed by atoms with van der Waals surface area (Å²) in [7, 11) is 3.22. The molecule has 30 heavy (non-hydrogen) atoms. The molecule has 0 radical (unpaired) electrons. The van der Waals surface area contributed by atoms with E-state index in [0.717, 1.165) is 15.3 Å². The number of ether oxygens (including phenoxy) is 3. The summed E-state index contributed by atoms with van der Waals surface area (Å²) in [4.78, 5) is 21.3. The van der Waals surface area contributed by atoms with Crippen molar-refractivity contribution in [1.29, 1.82) is 0 Å². The quantitative estimate of drug-likeness (QED) is 0.574. The zero-order valence-corrected chi connectivity index (χ0v) is 18.3. The smallest absolute Gasteiger partial charge is 0.260 e. The number of benzene rings is 2. The number of rotatable bonds is 6. The third-order valence-electron chi connectivity index (χ3n) is 4.97. The summed E-state index contributed by atoms with van der Waals surface area (Å²) >= 11 is 7.87. The first-order chi connectivity index (χ1) is 14.6. The SMILES string of the molecule is COc1cccc(OCC(=O)N2CCN(c3nc4c(OC)ccc(Cl)c4s3)CC2)c1. The molecule has 2 aromatic carbocycles. The number of halogens is 1. The van der Waals surface area contributed by atoms with E-state index in [0.29, 0.717) is 48.5 Å². The van der Waals surface area contributed by atoms with Crippen molar-refractivity contribution in [3.8, 4) is 17.2 Å². The van der Waals surface area contributed by atoms with Crippen LogP contribution in [-0.2, 0) is 4.79 Å². The third-order valence-corrected chi connectivity index (χ3v) is 6.55. The first-order valence-electron chi connectivity index (χ1n) is 9.51. The van der Waals surface area contributed by atoms with Gasteiger partial charge in [-0.05, 0) is 24.3 Å². The number of aromatic nitrogens is 1. The topological polar surface area (TPSA) is 64.1 Å². The van der Waals surface area contributed by atoms with Crippen molar-refractivity contribution >= 4 is 44.2 Å². The minimum Gasteiger partial charge on any atom is -0.497 e. The van der Waals surface area contributed by atoms with Gasteiger partial charge < -0.3 is 24.0 Å². The van der Waals surface area contributed by atoms with Gasteiger partial charge in [0.25, 0.3) is 5.91 Å². The van der Waals surface area contributed by atoms with Crippen LogP contribution in [0.1, 0.15) is 0 Å². The molecule has 3 aromatic rings. The van der Waals surface area contributed by atoms with Crippen molar-refractivity contribution < 1.29 is 19.0 Å². The first-order valence-corrected chi connectivity index (χ1v) is 10.7. The summed E-state index contributed by atoms with van der Waals surface area (Å²) in [5.41, 5.74) is 0.773. The highest BCUT2D eigenvalue weighted by Crippen LogP contribution is 2.38. The second kappa shape index (κ2) is 8.97. The number of hydrogen-bond donors (Lipinski definition) is 0. The van der Waals surface area contributed by atoms with Gasteiger partial charge in [0.2, 0.25) is 0 Å². The van der Waals surface area contributed by atoms with Gasteiger partial charge in [-0.25, -0.2) is 4.98 Å². The van der Waals surface area contributed by atoms with Crippen molar-refractivity contribution in [2.24, 2.45) is 0 Å². The summed E-state index contributed by atoms with van der Waals surface area (Å²) in [6.45, 7) is 2.62. The lowest BCUT2D eigenvalue weighted by Gasteiger charge is -2.34. The Morgan fingerprint density at radius 2 is 1.87 bits per heavy atom. The standard InChI is InChI=1S/C21H22ClN3O4S/c1-27-14-4-3-5-15(12-14)29-13-18(26)24-8-10-25(11-9-24)21-23-19-17(28-2)7-6-16(22)20(19)30-21/h3-7,12H,8-11,13H2,1-2H3. The normalized spacial score (nSPS) is 14.1. The van der Waals surface area contributed by atoms with Crippen LogP contribution in [0.15, 0.2) is 36.4 Å². The van der Waals surface area contributed by atoms with E-state index in [4.69, 9.17) is 30.8 Å². The van der Waals surface area contributed by atoms with Crippen molar-refractivity contribution in [2.75, 3.05) is 51.9 Å². The van der Waals surface area contributed by atoms with Gasteiger partial charge in [-0.1, -0.05) is 29.0 Å². The summed E-state index contributed by atoms with van der Waals surface area (Å²) in [6.07, 6.45) is 0. The molecule has 158 valence electrons. The fraction of sp³-hybridized carbons (Fsp3) is 0.333. The van der Waals surface area contributed by atoms with Gasteiger partial charge >= 0.3 is 0 Å². The van der Waals surface area contributed by atoms with Gasteiger partial charge in [-0.15, -0.1) is 0 Å². The number of hydrogen-bond acceptors (Lipinski definition) is 7. The van der Waals surface area contributed by atoms with Crippen LogP contribution in [0.4, 0.5) is 5.13 Å². The Hall–Kier alpha value is -2.71. The minimum atomic E-state index is -0.0357. The molecular formula is C21H22ClN3O4S. The average molecular weight is 448 g/mol. The van der Waals surface area contributed by atoms with E-state index >= 15 is 0 Å². The molecule has 4 rings (SSSR count). The molecular weight excluding hydrogens is 426 g/mol. The van der Waals surface area contributed by atoms with Crippen LogP contribution in [0.25, 0.3) is 10.2 Å². The number of carbonyl (C=O) groups is 1. The molecule has 0 aliphatic carbocycles. The Balaban J connectivity index is 1.36. The lowest BCUT2D eigenvalue weighted by molar-refractivity contribution is -0.133. The molecule has 1 aliphatic heterocycles. The first kappa shape index (κ1) is 20.6. The lowest BCUT2D eigenvalue weighted by atomic mass is 10.3. The lowest BCUT2D eigenvalue weighted by Crippen LogP contribution is -2.50. The molecule has 1 amide bonds. The summed E-state index contributed by atoms with van der Waals surface area (Å²) in [6, 6.07) is 10.9. The predicted octanol–water partition coefficient (Wildman–Crippen LogP) is 3.69. The molecule has 7 nitrogen and oxygen atoms in total. The summed E-state index contributed by atoms with van der Waals surface area (Å²) in [5, 5.41) is 1.55. The van der Waals surface area contributed by atoms with Crippen molar-refractivity contribution in [3.63, 3.8) is 0 Å². The van der Waals surface area contributed by atoms with E-state index < -0.39 is 0 Å². The minimum absolute atomic E-state index is 0.00110. The molecule has 0 saturated carbocycles. The Morgan fingerprint density at radius 1 is 1.10 bits per heavy atom. The van der Waals surface area contributed by atoms with Crippen molar-refractivity contribution in [1.82, 2.24) is 9.88 Å². The Morgan fingerprint density at radius 3 is 2.60 bits per heavy atom. The molecule has 0 atom stereocenters. The van der Waals surface area contributed by atoms with E-state index in [1.165, 1.54) is 0 Å². The molecule has 2 heterocycles. The highest BCUT2D eigenvalue weighted by molar-refractivity contribution is 7.22. The largest absolute Gasteiger partial charge is 0.497 e. The number of nitrogens with zero attached hydrogens (tertiary/aromatic N) is 3. The fourth-order valence-corrected chi connectivity index (χ4v) is 4.62. The maximum atomic E-state index is 12.5. The van der Waals surface area contributed by atoms with Crippen LogP contribution in [0.5, 0.6) is 17.2 Å². The average Bonchev–Trinajstić information content (AvgIpc) is 3.24. The molecule has 0 spiro atoms. The Labute approximate surface area is 183 Å². The zero-order chi connectivity index (χ0) is 21.1. The van der Waals surface area contributed by atoms with E-state index in [-0.39, 0.29) is 12.5 Å². The monoisotopic (exact) mass is 447 g/mol. The van der Waals surface area contributed by atoms with E-state index in [2.05, 4.69) is 4.90 Å². The van der Waals surface area contributed by atoms with Crippen LogP contribution in [-0.4, -0.2) is 62.8 Å². The second-order valence-corrected chi connectivity index (χ2v) is 8.14. The van der Waals surface area contributed by atoms with E-state index in [1.54, 1.807) is 37.7 Å². The van der Waals surface area contributed by atoms with Crippen LogP contribution >= 0.6 is 22.9 Å². The molecule has 1 fully saturated rings. The van der Waals surface area contributed by atoms with Crippen molar-refractivity contribution in [2.45, 2.75) is 0 Å². The summed E-state index contributed by atoms with van der Waals surface area (Å²) in [5.74, 6) is 1.98. The second-order valence-electron chi connectivity index (χ2n) is 6.76. The molecule has 9 heteroatoms. The van der Waals surface area contributed by atoms with Gasteiger partial charge in [0, 0.05) is 32.2 Å². The highest BCUT2D eigenvalue weighted by atomic mass is 35.5. The maximum Gasteiger partial charge on any atom is 0.260 e. The maximum absolute atomic E-state index is 12.5. The molecule has 1 aliphatic rings. The van der Waals surface area contributed by atoms with Crippen molar-refractivity contribution in [3.05, 3.63) is 41.4 Å². The van der Waals surface area contributed by atoms with Crippen LogP contribution in [0, 0.1) is 0 Å². The number of fused-ring (bicyclic) bond motifs is 1. The Kier molecular flexibility index (Phi) is 6.15.